The molecular formula is C15H21IN2. The van der Waals surface area contributed by atoms with Crippen LogP contribution in [0.3, 0.4) is 0 Å². The third kappa shape index (κ3) is 3.80. The standard InChI is InChI=1S/C15H21IN2/c1-12(2)10-15(18-8-6-17-7-9-18)13-4-3-5-14(16)11-13/h3-5,11,15,17H,1,6-10H2,2H3/t15-/m1/s1. The van der Waals surface area contributed by atoms with Gasteiger partial charge in [-0.05, 0) is 53.6 Å². The third-order valence-electron chi connectivity index (χ3n) is 3.37. The van der Waals surface area contributed by atoms with E-state index in [9.17, 15) is 0 Å². The average molecular weight is 356 g/mol. The van der Waals surface area contributed by atoms with Crippen molar-refractivity contribution in [3.63, 3.8) is 0 Å². The number of nitrogens with zero attached hydrogens (tertiary/aromatic N) is 1. The molecule has 98 valence electrons. The van der Waals surface area contributed by atoms with Crippen molar-refractivity contribution >= 4 is 22.6 Å². The Hall–Kier alpha value is -0.390. The van der Waals surface area contributed by atoms with Crippen LogP contribution in [0.5, 0.6) is 0 Å². The van der Waals surface area contributed by atoms with Crippen LogP contribution in [0, 0.1) is 3.57 Å². The van der Waals surface area contributed by atoms with Gasteiger partial charge in [0.2, 0.25) is 0 Å². The Morgan fingerprint density at radius 2 is 2.17 bits per heavy atom. The predicted octanol–water partition coefficient (Wildman–Crippen LogP) is 3.20. The van der Waals surface area contributed by atoms with Gasteiger partial charge in [-0.2, -0.15) is 0 Å². The van der Waals surface area contributed by atoms with Gasteiger partial charge in [0.05, 0.1) is 0 Å². The summed E-state index contributed by atoms with van der Waals surface area (Å²) in [7, 11) is 0. The van der Waals surface area contributed by atoms with Gasteiger partial charge in [-0.15, -0.1) is 6.58 Å². The molecule has 2 nitrogen and oxygen atoms in total. The topological polar surface area (TPSA) is 15.3 Å². The lowest BCUT2D eigenvalue weighted by Crippen LogP contribution is -2.45. The summed E-state index contributed by atoms with van der Waals surface area (Å²) in [4.78, 5) is 2.58. The molecule has 1 aliphatic heterocycles. The predicted molar refractivity (Wildman–Crippen MR) is 85.8 cm³/mol. The van der Waals surface area contributed by atoms with Crippen LogP contribution in [0.2, 0.25) is 0 Å². The lowest BCUT2D eigenvalue weighted by Gasteiger charge is -2.35. The normalized spacial score (nSPS) is 18.6. The maximum absolute atomic E-state index is 4.09. The third-order valence-corrected chi connectivity index (χ3v) is 4.04. The van der Waals surface area contributed by atoms with E-state index in [1.807, 2.05) is 0 Å². The molecule has 1 N–H and O–H groups in total. The van der Waals surface area contributed by atoms with Gasteiger partial charge in [-0.3, -0.25) is 4.90 Å². The highest BCUT2D eigenvalue weighted by Crippen LogP contribution is 2.28. The molecule has 0 unspecified atom stereocenters. The number of rotatable bonds is 4. The summed E-state index contributed by atoms with van der Waals surface area (Å²) >= 11 is 2.39. The number of nitrogens with one attached hydrogen (secondary N) is 1. The van der Waals surface area contributed by atoms with Crippen LogP contribution in [0.25, 0.3) is 0 Å². The Morgan fingerprint density at radius 1 is 1.44 bits per heavy atom. The molecule has 1 saturated heterocycles. The summed E-state index contributed by atoms with van der Waals surface area (Å²) in [5.41, 5.74) is 2.68. The number of halogens is 1. The lowest BCUT2D eigenvalue weighted by atomic mass is 9.98. The Kier molecular flexibility index (Phi) is 5.21. The fourth-order valence-corrected chi connectivity index (χ4v) is 3.06. The smallest absolute Gasteiger partial charge is 0.0386 e. The average Bonchev–Trinajstić information content (AvgIpc) is 2.37. The highest BCUT2D eigenvalue weighted by atomic mass is 127. The van der Waals surface area contributed by atoms with E-state index in [1.165, 1.54) is 14.7 Å². The minimum atomic E-state index is 0.485. The van der Waals surface area contributed by atoms with E-state index in [2.05, 4.69) is 70.6 Å². The van der Waals surface area contributed by atoms with Crippen molar-refractivity contribution < 1.29 is 0 Å². The first-order valence-corrected chi connectivity index (χ1v) is 7.59. The first kappa shape index (κ1) is 14.0. The zero-order valence-electron chi connectivity index (χ0n) is 11.0. The van der Waals surface area contributed by atoms with E-state index >= 15 is 0 Å². The van der Waals surface area contributed by atoms with E-state index in [-0.39, 0.29) is 0 Å². The largest absolute Gasteiger partial charge is 0.314 e. The first-order valence-electron chi connectivity index (χ1n) is 6.51. The van der Waals surface area contributed by atoms with Gasteiger partial charge in [-0.25, -0.2) is 0 Å². The molecule has 0 spiro atoms. The maximum Gasteiger partial charge on any atom is 0.0386 e. The monoisotopic (exact) mass is 356 g/mol. The molecule has 18 heavy (non-hydrogen) atoms. The SMILES string of the molecule is C=C(C)C[C@H](c1cccc(I)c1)N1CCNCC1. The Bertz CT molecular complexity index is 411. The molecule has 1 fully saturated rings. The van der Waals surface area contributed by atoms with Gasteiger partial charge < -0.3 is 5.32 Å². The van der Waals surface area contributed by atoms with Gasteiger partial charge in [0, 0.05) is 35.8 Å². The molecular weight excluding hydrogens is 335 g/mol. The second-order valence-corrected chi connectivity index (χ2v) is 6.26. The van der Waals surface area contributed by atoms with Gasteiger partial charge in [-0.1, -0.05) is 17.7 Å². The van der Waals surface area contributed by atoms with Crippen molar-refractivity contribution in [3.05, 3.63) is 45.6 Å². The summed E-state index contributed by atoms with van der Waals surface area (Å²) < 4.78 is 1.31. The lowest BCUT2D eigenvalue weighted by molar-refractivity contribution is 0.172. The molecule has 1 heterocycles. The van der Waals surface area contributed by atoms with Crippen molar-refractivity contribution in [3.8, 4) is 0 Å². The molecule has 0 saturated carbocycles. The van der Waals surface area contributed by atoms with Gasteiger partial charge in [0.15, 0.2) is 0 Å². The summed E-state index contributed by atoms with van der Waals surface area (Å²) in [6.07, 6.45) is 1.06. The minimum Gasteiger partial charge on any atom is -0.314 e. The van der Waals surface area contributed by atoms with Crippen LogP contribution >= 0.6 is 22.6 Å². The maximum atomic E-state index is 4.09. The molecule has 3 heteroatoms. The van der Waals surface area contributed by atoms with Crippen molar-refractivity contribution in [2.75, 3.05) is 26.2 Å². The fraction of sp³-hybridized carbons (Fsp3) is 0.467. The van der Waals surface area contributed by atoms with Crippen molar-refractivity contribution in [1.29, 1.82) is 0 Å². The highest BCUT2D eigenvalue weighted by molar-refractivity contribution is 14.1. The van der Waals surface area contributed by atoms with Gasteiger partial charge in [0.1, 0.15) is 0 Å². The molecule has 2 rings (SSSR count). The van der Waals surface area contributed by atoms with E-state index in [4.69, 9.17) is 0 Å². The molecule has 1 aromatic carbocycles. The fourth-order valence-electron chi connectivity index (χ4n) is 2.50. The van der Waals surface area contributed by atoms with E-state index in [1.54, 1.807) is 0 Å². The highest BCUT2D eigenvalue weighted by Gasteiger charge is 2.22. The second-order valence-electron chi connectivity index (χ2n) is 5.02. The number of hydrogen-bond donors (Lipinski definition) is 1. The molecule has 1 aromatic rings. The van der Waals surface area contributed by atoms with Crippen LogP contribution in [-0.2, 0) is 0 Å². The van der Waals surface area contributed by atoms with Crippen LogP contribution < -0.4 is 5.32 Å². The van der Waals surface area contributed by atoms with Gasteiger partial charge >= 0.3 is 0 Å². The van der Waals surface area contributed by atoms with E-state index < -0.39 is 0 Å². The van der Waals surface area contributed by atoms with Crippen LogP contribution in [-0.4, -0.2) is 31.1 Å². The minimum absolute atomic E-state index is 0.485. The quantitative estimate of drug-likeness (QED) is 0.659. The Labute approximate surface area is 124 Å². The molecule has 1 aliphatic rings. The van der Waals surface area contributed by atoms with Crippen LogP contribution in [0.4, 0.5) is 0 Å². The number of benzene rings is 1. The molecule has 1 atom stereocenters. The summed E-state index contributed by atoms with van der Waals surface area (Å²) in [5.74, 6) is 0. The van der Waals surface area contributed by atoms with Crippen molar-refractivity contribution in [1.82, 2.24) is 10.2 Å². The van der Waals surface area contributed by atoms with E-state index in [0.29, 0.717) is 6.04 Å². The summed E-state index contributed by atoms with van der Waals surface area (Å²) in [6, 6.07) is 9.34. The second kappa shape index (κ2) is 6.68. The van der Waals surface area contributed by atoms with Crippen LogP contribution in [0.1, 0.15) is 24.9 Å². The van der Waals surface area contributed by atoms with Crippen LogP contribution in [0.15, 0.2) is 36.4 Å². The first-order chi connectivity index (χ1) is 8.66. The zero-order chi connectivity index (χ0) is 13.0. The molecule has 0 radical (unpaired) electrons. The molecule has 0 amide bonds. The number of hydrogen-bond acceptors (Lipinski definition) is 2. The zero-order valence-corrected chi connectivity index (χ0v) is 13.1. The number of piperazine rings is 1. The summed E-state index contributed by atoms with van der Waals surface area (Å²) in [5, 5.41) is 3.42. The van der Waals surface area contributed by atoms with Gasteiger partial charge in [0.25, 0.3) is 0 Å². The van der Waals surface area contributed by atoms with E-state index in [0.717, 1.165) is 32.6 Å². The van der Waals surface area contributed by atoms with Crippen molar-refractivity contribution in [2.24, 2.45) is 0 Å². The summed E-state index contributed by atoms with van der Waals surface area (Å²) in [6.45, 7) is 10.7. The molecule has 0 bridgehead atoms. The molecule has 0 aromatic heterocycles. The Morgan fingerprint density at radius 3 is 2.78 bits per heavy atom. The molecule has 0 aliphatic carbocycles. The van der Waals surface area contributed by atoms with Crippen molar-refractivity contribution in [2.45, 2.75) is 19.4 Å². The Balaban J connectivity index is 2.20.